The molecule has 5 nitrogen and oxygen atoms in total. The number of hydrogen-bond donors (Lipinski definition) is 0. The molecule has 0 aliphatic heterocycles. The van der Waals surface area contributed by atoms with Gasteiger partial charge in [-0.15, -0.1) is 11.6 Å². The highest BCUT2D eigenvalue weighted by atomic mass is 35.5. The van der Waals surface area contributed by atoms with Crippen LogP contribution in [-0.2, 0) is 23.1 Å². The van der Waals surface area contributed by atoms with Crippen LogP contribution in [0.5, 0.6) is 0 Å². The highest BCUT2D eigenvalue weighted by molar-refractivity contribution is 7.89. The van der Waals surface area contributed by atoms with Crippen molar-refractivity contribution < 1.29 is 8.42 Å². The molecule has 0 atom stereocenters. The van der Waals surface area contributed by atoms with Crippen LogP contribution in [0, 0.1) is 0 Å². The number of aromatic nitrogens is 2. The highest BCUT2D eigenvalue weighted by Crippen LogP contribution is 2.17. The van der Waals surface area contributed by atoms with Crippen molar-refractivity contribution in [1.82, 2.24) is 14.1 Å². The van der Waals surface area contributed by atoms with Crippen molar-refractivity contribution >= 4 is 33.0 Å². The number of alkyl halides is 1. The fourth-order valence-corrected chi connectivity index (χ4v) is 3.62. The molecule has 0 spiro atoms. The Bertz CT molecular complexity index is 637. The van der Waals surface area contributed by atoms with Crippen LogP contribution in [0.2, 0.25) is 0 Å². The van der Waals surface area contributed by atoms with E-state index in [1.165, 1.54) is 10.5 Å². The zero-order chi connectivity index (χ0) is 14.6. The first-order valence-corrected chi connectivity index (χ1v) is 9.01. The minimum atomic E-state index is -3.50. The predicted molar refractivity (Wildman–Crippen MR) is 80.5 cm³/mol. The van der Waals surface area contributed by atoms with Gasteiger partial charge < -0.3 is 0 Å². The van der Waals surface area contributed by atoms with Gasteiger partial charge in [0.1, 0.15) is 4.90 Å². The Morgan fingerprint density at radius 2 is 2.30 bits per heavy atom. The lowest BCUT2D eigenvalue weighted by molar-refractivity contribution is 0.467. The molecule has 2 rings (SSSR count). The molecule has 2 aromatic rings. The smallest absolute Gasteiger partial charge is 0.246 e. The Morgan fingerprint density at radius 3 is 2.95 bits per heavy atom. The van der Waals surface area contributed by atoms with Crippen molar-refractivity contribution in [2.75, 3.05) is 12.9 Å². The molecule has 0 N–H and O–H groups in total. The van der Waals surface area contributed by atoms with Gasteiger partial charge in [0, 0.05) is 32.2 Å². The third kappa shape index (κ3) is 3.60. The van der Waals surface area contributed by atoms with E-state index < -0.39 is 10.0 Å². The SMILES string of the molecule is CN(Cc1ccsc1)S(=O)(=O)c1cnn(CCCCl)c1. The number of sulfonamides is 1. The van der Waals surface area contributed by atoms with Crippen molar-refractivity contribution in [2.24, 2.45) is 0 Å². The fraction of sp³-hybridized carbons (Fsp3) is 0.417. The van der Waals surface area contributed by atoms with Crippen molar-refractivity contribution in [2.45, 2.75) is 24.4 Å². The van der Waals surface area contributed by atoms with Crippen LogP contribution in [0.15, 0.2) is 34.1 Å². The second kappa shape index (κ2) is 6.71. The Hall–Kier alpha value is -0.890. The Labute approximate surface area is 127 Å². The van der Waals surface area contributed by atoms with Crippen molar-refractivity contribution in [3.05, 3.63) is 34.8 Å². The Balaban J connectivity index is 2.10. The van der Waals surface area contributed by atoms with Crippen LogP contribution in [0.3, 0.4) is 0 Å². The zero-order valence-electron chi connectivity index (χ0n) is 11.1. The number of halogens is 1. The number of thiophene rings is 1. The van der Waals surface area contributed by atoms with E-state index >= 15 is 0 Å². The number of aryl methyl sites for hydroxylation is 1. The zero-order valence-corrected chi connectivity index (χ0v) is 13.5. The summed E-state index contributed by atoms with van der Waals surface area (Å²) in [5.74, 6) is 0.528. The van der Waals surface area contributed by atoms with Gasteiger partial charge in [-0.1, -0.05) is 0 Å². The van der Waals surface area contributed by atoms with E-state index in [1.807, 2.05) is 16.8 Å². The van der Waals surface area contributed by atoms with Gasteiger partial charge in [-0.2, -0.15) is 20.7 Å². The van der Waals surface area contributed by atoms with E-state index in [0.29, 0.717) is 19.0 Å². The number of nitrogens with zero attached hydrogens (tertiary/aromatic N) is 3. The van der Waals surface area contributed by atoms with E-state index in [4.69, 9.17) is 11.6 Å². The summed E-state index contributed by atoms with van der Waals surface area (Å²) in [5, 5.41) is 7.92. The van der Waals surface area contributed by atoms with E-state index in [1.54, 1.807) is 29.3 Å². The predicted octanol–water partition coefficient (Wildman–Crippen LogP) is 2.39. The van der Waals surface area contributed by atoms with Gasteiger partial charge in [-0.3, -0.25) is 4.68 Å². The average Bonchev–Trinajstić information content (AvgIpc) is 3.07. The number of rotatable bonds is 7. The third-order valence-electron chi connectivity index (χ3n) is 2.82. The lowest BCUT2D eigenvalue weighted by atomic mass is 10.3. The van der Waals surface area contributed by atoms with Gasteiger partial charge in [0.25, 0.3) is 0 Å². The lowest BCUT2D eigenvalue weighted by Crippen LogP contribution is -2.26. The molecule has 0 aliphatic rings. The quantitative estimate of drug-likeness (QED) is 0.731. The van der Waals surface area contributed by atoms with Crippen LogP contribution < -0.4 is 0 Å². The highest BCUT2D eigenvalue weighted by Gasteiger charge is 2.22. The first-order valence-electron chi connectivity index (χ1n) is 6.10. The van der Waals surface area contributed by atoms with Crippen LogP contribution in [-0.4, -0.2) is 35.4 Å². The molecule has 0 radical (unpaired) electrons. The maximum absolute atomic E-state index is 12.4. The summed E-state index contributed by atoms with van der Waals surface area (Å²) in [5.41, 5.74) is 0.982. The second-order valence-electron chi connectivity index (χ2n) is 4.37. The van der Waals surface area contributed by atoms with Gasteiger partial charge in [-0.05, 0) is 28.8 Å². The topological polar surface area (TPSA) is 55.2 Å². The molecule has 0 saturated heterocycles. The van der Waals surface area contributed by atoms with Crippen LogP contribution >= 0.6 is 22.9 Å². The molecule has 0 aliphatic carbocycles. The molecular weight excluding hydrogens is 318 g/mol. The number of hydrogen-bond acceptors (Lipinski definition) is 4. The minimum Gasteiger partial charge on any atom is -0.271 e. The molecule has 8 heteroatoms. The molecule has 110 valence electrons. The summed E-state index contributed by atoms with van der Waals surface area (Å²) in [6, 6.07) is 1.92. The van der Waals surface area contributed by atoms with E-state index in [0.717, 1.165) is 12.0 Å². The van der Waals surface area contributed by atoms with Crippen molar-refractivity contribution in [1.29, 1.82) is 0 Å². The molecule has 0 bridgehead atoms. The van der Waals surface area contributed by atoms with Gasteiger partial charge in [0.05, 0.1) is 6.20 Å². The molecule has 0 unspecified atom stereocenters. The van der Waals surface area contributed by atoms with Crippen molar-refractivity contribution in [3.8, 4) is 0 Å². The molecule has 2 aromatic heterocycles. The maximum atomic E-state index is 12.4. The molecule has 0 saturated carbocycles. The van der Waals surface area contributed by atoms with E-state index in [-0.39, 0.29) is 4.90 Å². The first-order chi connectivity index (χ1) is 9.54. The molecule has 0 aromatic carbocycles. The average molecular weight is 334 g/mol. The summed E-state index contributed by atoms with van der Waals surface area (Å²) in [6.45, 7) is 0.978. The summed E-state index contributed by atoms with van der Waals surface area (Å²) >= 11 is 7.16. The minimum absolute atomic E-state index is 0.213. The molecule has 2 heterocycles. The molecular formula is C12H16ClN3O2S2. The normalized spacial score (nSPS) is 12.2. The Kier molecular flexibility index (Phi) is 5.20. The molecule has 0 amide bonds. The van der Waals surface area contributed by atoms with Crippen LogP contribution in [0.25, 0.3) is 0 Å². The summed E-state index contributed by atoms with van der Waals surface area (Å²) in [6.07, 6.45) is 3.69. The van der Waals surface area contributed by atoms with E-state index in [2.05, 4.69) is 5.10 Å². The lowest BCUT2D eigenvalue weighted by Gasteiger charge is -2.15. The summed E-state index contributed by atoms with van der Waals surface area (Å²) < 4.78 is 27.7. The van der Waals surface area contributed by atoms with Crippen molar-refractivity contribution in [3.63, 3.8) is 0 Å². The standard InChI is InChI=1S/C12H16ClN3O2S2/c1-15(8-11-3-6-19-10-11)20(17,18)12-7-14-16(9-12)5-2-4-13/h3,6-7,9-10H,2,4-5,8H2,1H3. The third-order valence-corrected chi connectivity index (χ3v) is 5.58. The maximum Gasteiger partial charge on any atom is 0.246 e. The second-order valence-corrected chi connectivity index (χ2v) is 7.58. The first kappa shape index (κ1) is 15.5. The van der Waals surface area contributed by atoms with Gasteiger partial charge >= 0.3 is 0 Å². The monoisotopic (exact) mass is 333 g/mol. The van der Waals surface area contributed by atoms with Crippen LogP contribution in [0.1, 0.15) is 12.0 Å². The van der Waals surface area contributed by atoms with Gasteiger partial charge in [0.2, 0.25) is 10.0 Å². The molecule has 0 fully saturated rings. The summed E-state index contributed by atoms with van der Waals surface area (Å²) in [7, 11) is -1.93. The largest absolute Gasteiger partial charge is 0.271 e. The fourth-order valence-electron chi connectivity index (χ4n) is 1.73. The molecule has 20 heavy (non-hydrogen) atoms. The van der Waals surface area contributed by atoms with E-state index in [9.17, 15) is 8.42 Å². The summed E-state index contributed by atoms with van der Waals surface area (Å²) in [4.78, 5) is 0.213. The van der Waals surface area contributed by atoms with Gasteiger partial charge in [0.15, 0.2) is 0 Å². The van der Waals surface area contributed by atoms with Gasteiger partial charge in [-0.25, -0.2) is 8.42 Å². The van der Waals surface area contributed by atoms with Crippen LogP contribution in [0.4, 0.5) is 0 Å². The Morgan fingerprint density at radius 1 is 1.50 bits per heavy atom.